The molecule has 0 aliphatic carbocycles. The highest BCUT2D eigenvalue weighted by Gasteiger charge is 2.26. The highest BCUT2D eigenvalue weighted by molar-refractivity contribution is 6.58. The molecule has 0 saturated heterocycles. The van der Waals surface area contributed by atoms with Crippen LogP contribution in [0.1, 0.15) is 39.5 Å². The third kappa shape index (κ3) is 6.56. The maximum Gasteiger partial charge on any atom is 0.478 e. The monoisotopic (exact) mass is 181 g/mol. The van der Waals surface area contributed by atoms with Gasteiger partial charge < -0.3 is 12.9 Å². The van der Waals surface area contributed by atoms with Gasteiger partial charge >= 0.3 is 6.98 Å². The first-order valence-corrected chi connectivity index (χ1v) is 4.70. The zero-order valence-electron chi connectivity index (χ0n) is 7.82. The minimum Gasteiger partial charge on any atom is -0.449 e. The smallest absolute Gasteiger partial charge is 0.449 e. The fourth-order valence-corrected chi connectivity index (χ4v) is 1.36. The van der Waals surface area contributed by atoms with Gasteiger partial charge in [-0.25, -0.2) is 0 Å². The Kier molecular flexibility index (Phi) is 5.43. The minimum atomic E-state index is -4.57. The van der Waals surface area contributed by atoms with Gasteiger partial charge in [-0.2, -0.15) is 0 Å². The number of hydrogen-bond donors (Lipinski definition) is 0. The summed E-state index contributed by atoms with van der Waals surface area (Å²) >= 11 is 0. The lowest BCUT2D eigenvalue weighted by molar-refractivity contribution is 0.403. The van der Waals surface area contributed by atoms with E-state index in [2.05, 4.69) is 0 Å². The lowest BCUT2D eigenvalue weighted by Crippen LogP contribution is -2.19. The second-order valence-corrected chi connectivity index (χ2v) is 3.36. The molecule has 0 spiro atoms. The van der Waals surface area contributed by atoms with Gasteiger partial charge in [0.05, 0.1) is 0 Å². The molecule has 12 heavy (non-hydrogen) atoms. The molecule has 0 aromatic rings. The Balaban J connectivity index is 3.67. The Morgan fingerprint density at radius 3 is 2.08 bits per heavy atom. The Morgan fingerprint density at radius 1 is 1.17 bits per heavy atom. The molecule has 0 aliphatic rings. The van der Waals surface area contributed by atoms with Gasteiger partial charge in [-0.15, -0.1) is 0 Å². The number of rotatable bonds is 6. The number of unbranched alkanes of at least 4 members (excludes halogenated alkanes) is 1. The maximum atomic E-state index is 12.0. The second-order valence-electron chi connectivity index (χ2n) is 3.36. The summed E-state index contributed by atoms with van der Waals surface area (Å²) in [6.07, 6.45) is 2.75. The minimum absolute atomic E-state index is 0.134. The van der Waals surface area contributed by atoms with E-state index in [9.17, 15) is 12.9 Å². The SMILES string of the molecule is CCCCC(CC)C[B-](F)(F)F. The van der Waals surface area contributed by atoms with Crippen molar-refractivity contribution in [3.63, 3.8) is 0 Å². The van der Waals surface area contributed by atoms with Crippen molar-refractivity contribution in [2.45, 2.75) is 45.9 Å². The molecule has 0 nitrogen and oxygen atoms in total. The average molecular weight is 181 g/mol. The quantitative estimate of drug-likeness (QED) is 0.542. The van der Waals surface area contributed by atoms with E-state index in [-0.39, 0.29) is 5.92 Å². The Labute approximate surface area is 72.6 Å². The average Bonchev–Trinajstić information content (AvgIpc) is 1.95. The lowest BCUT2D eigenvalue weighted by atomic mass is 9.75. The molecule has 4 heteroatoms. The summed E-state index contributed by atoms with van der Waals surface area (Å²) < 4.78 is 35.9. The van der Waals surface area contributed by atoms with E-state index in [4.69, 9.17) is 0 Å². The van der Waals surface area contributed by atoms with E-state index in [1.807, 2.05) is 13.8 Å². The molecule has 0 rings (SSSR count). The summed E-state index contributed by atoms with van der Waals surface area (Å²) in [4.78, 5) is 0. The van der Waals surface area contributed by atoms with Gasteiger partial charge in [0.15, 0.2) is 0 Å². The first-order chi connectivity index (χ1) is 5.49. The third-order valence-corrected chi connectivity index (χ3v) is 2.14. The molecule has 0 heterocycles. The van der Waals surface area contributed by atoms with Crippen molar-refractivity contribution in [2.75, 3.05) is 0 Å². The highest BCUT2D eigenvalue weighted by Crippen LogP contribution is 2.26. The molecule has 0 radical (unpaired) electrons. The summed E-state index contributed by atoms with van der Waals surface area (Å²) in [5.74, 6) is -0.134. The van der Waals surface area contributed by atoms with Crippen LogP contribution in [0.5, 0.6) is 0 Å². The van der Waals surface area contributed by atoms with Crippen LogP contribution in [-0.4, -0.2) is 6.98 Å². The van der Waals surface area contributed by atoms with Gasteiger partial charge in [0.25, 0.3) is 0 Å². The predicted octanol–water partition coefficient (Wildman–Crippen LogP) is 4.05. The van der Waals surface area contributed by atoms with E-state index in [0.717, 1.165) is 19.3 Å². The standard InChI is InChI=1S/C8H17BF3/c1-3-5-6-8(4-2)7-9(10,11)12/h8H,3-7H2,1-2H3/q-1. The van der Waals surface area contributed by atoms with Crippen LogP contribution in [0.15, 0.2) is 0 Å². The molecule has 0 amide bonds. The van der Waals surface area contributed by atoms with Gasteiger partial charge in [-0.05, 0) is 0 Å². The van der Waals surface area contributed by atoms with Crippen molar-refractivity contribution < 1.29 is 12.9 Å². The van der Waals surface area contributed by atoms with E-state index < -0.39 is 13.3 Å². The summed E-state index contributed by atoms with van der Waals surface area (Å²) in [5.41, 5.74) is 0. The summed E-state index contributed by atoms with van der Waals surface area (Å²) in [6, 6.07) is 0. The van der Waals surface area contributed by atoms with Crippen LogP contribution in [0.4, 0.5) is 12.9 Å². The van der Waals surface area contributed by atoms with Crippen LogP contribution in [0.3, 0.4) is 0 Å². The van der Waals surface area contributed by atoms with Gasteiger partial charge in [-0.1, -0.05) is 51.8 Å². The van der Waals surface area contributed by atoms with Crippen LogP contribution in [0.25, 0.3) is 0 Å². The van der Waals surface area contributed by atoms with Crippen LogP contribution >= 0.6 is 0 Å². The molecule has 1 atom stereocenters. The Bertz CT molecular complexity index is 111. The highest BCUT2D eigenvalue weighted by atomic mass is 19.4. The number of hydrogen-bond acceptors (Lipinski definition) is 0. The van der Waals surface area contributed by atoms with Gasteiger partial charge in [0, 0.05) is 0 Å². The Hall–Kier alpha value is -0.145. The molecule has 0 saturated carbocycles. The zero-order chi connectivity index (χ0) is 9.61. The summed E-state index contributed by atoms with van der Waals surface area (Å²) in [5, 5.41) is 0. The van der Waals surface area contributed by atoms with Gasteiger partial charge in [-0.3, -0.25) is 0 Å². The first kappa shape index (κ1) is 11.9. The second kappa shape index (κ2) is 5.49. The maximum absolute atomic E-state index is 12.0. The summed E-state index contributed by atoms with van der Waals surface area (Å²) in [7, 11) is 0. The van der Waals surface area contributed by atoms with Crippen LogP contribution in [0.2, 0.25) is 6.32 Å². The van der Waals surface area contributed by atoms with E-state index in [0.29, 0.717) is 6.42 Å². The zero-order valence-corrected chi connectivity index (χ0v) is 7.82. The molecule has 0 N–H and O–H groups in total. The molecular formula is C8H17BF3-. The van der Waals surface area contributed by atoms with Crippen LogP contribution < -0.4 is 0 Å². The van der Waals surface area contributed by atoms with Crippen molar-refractivity contribution in [1.82, 2.24) is 0 Å². The normalized spacial score (nSPS) is 14.8. The molecule has 0 aliphatic heterocycles. The molecule has 0 fully saturated rings. The molecule has 0 bridgehead atoms. The molecule has 0 aromatic carbocycles. The van der Waals surface area contributed by atoms with Crippen LogP contribution in [0, 0.1) is 5.92 Å². The van der Waals surface area contributed by atoms with Crippen molar-refractivity contribution in [2.24, 2.45) is 5.92 Å². The summed E-state index contributed by atoms with van der Waals surface area (Å²) in [6.45, 7) is -0.728. The van der Waals surface area contributed by atoms with E-state index in [1.165, 1.54) is 0 Å². The molecule has 0 aromatic heterocycles. The largest absolute Gasteiger partial charge is 0.478 e. The van der Waals surface area contributed by atoms with Crippen molar-refractivity contribution in [3.8, 4) is 0 Å². The van der Waals surface area contributed by atoms with Gasteiger partial charge in [0.1, 0.15) is 0 Å². The molecular weight excluding hydrogens is 164 g/mol. The van der Waals surface area contributed by atoms with Crippen molar-refractivity contribution in [1.29, 1.82) is 0 Å². The molecule has 74 valence electrons. The Morgan fingerprint density at radius 2 is 1.75 bits per heavy atom. The van der Waals surface area contributed by atoms with E-state index in [1.54, 1.807) is 0 Å². The predicted molar refractivity (Wildman–Crippen MR) is 47.2 cm³/mol. The van der Waals surface area contributed by atoms with Crippen LogP contribution in [-0.2, 0) is 0 Å². The van der Waals surface area contributed by atoms with Crippen molar-refractivity contribution in [3.05, 3.63) is 0 Å². The molecule has 1 unspecified atom stereocenters. The third-order valence-electron chi connectivity index (χ3n) is 2.14. The fraction of sp³-hybridized carbons (Fsp3) is 1.00. The van der Waals surface area contributed by atoms with E-state index >= 15 is 0 Å². The van der Waals surface area contributed by atoms with Crippen molar-refractivity contribution >= 4 is 6.98 Å². The first-order valence-electron chi connectivity index (χ1n) is 4.70. The fourth-order valence-electron chi connectivity index (χ4n) is 1.36. The topological polar surface area (TPSA) is 0 Å². The number of halogens is 3. The van der Waals surface area contributed by atoms with Gasteiger partial charge in [0.2, 0.25) is 0 Å². The lowest BCUT2D eigenvalue weighted by Gasteiger charge is -2.21.